The largest absolute Gasteiger partial charge is 0.496 e. The fourth-order valence-electron chi connectivity index (χ4n) is 6.33. The van der Waals surface area contributed by atoms with Gasteiger partial charge in [0.1, 0.15) is 11.8 Å². The van der Waals surface area contributed by atoms with E-state index >= 15 is 0 Å². The number of cyclic esters (lactones) is 1. The Kier molecular flexibility index (Phi) is 11.0. The number of piperidine rings is 1. The summed E-state index contributed by atoms with van der Waals surface area (Å²) in [6.07, 6.45) is 4.17. The summed E-state index contributed by atoms with van der Waals surface area (Å²) in [5.74, 6) is 1.06. The van der Waals surface area contributed by atoms with E-state index in [1.807, 2.05) is 59.5 Å². The van der Waals surface area contributed by atoms with E-state index in [0.29, 0.717) is 65.2 Å². The Morgan fingerprint density at radius 2 is 1.65 bits per heavy atom. The highest BCUT2D eigenvalue weighted by molar-refractivity contribution is 6.39. The highest BCUT2D eigenvalue weighted by Gasteiger charge is 2.26. The molecule has 2 aromatic carbocycles. The second-order valence-corrected chi connectivity index (χ2v) is 12.9. The zero-order valence-electron chi connectivity index (χ0n) is 27.7. The summed E-state index contributed by atoms with van der Waals surface area (Å²) in [5, 5.41) is 7.79. The number of ether oxygens (including phenoxy) is 3. The third-order valence-electron chi connectivity index (χ3n) is 9.14. The zero-order valence-corrected chi connectivity index (χ0v) is 29.2. The molecule has 0 unspecified atom stereocenters. The molecule has 12 heteroatoms. The number of nitrogens with zero attached hydrogens (tertiary/aromatic N) is 3. The zero-order chi connectivity index (χ0) is 34.5. The Bertz CT molecular complexity index is 1850. The second-order valence-electron chi connectivity index (χ2n) is 12.1. The van der Waals surface area contributed by atoms with E-state index in [4.69, 9.17) is 42.4 Å². The minimum atomic E-state index is -0.322. The van der Waals surface area contributed by atoms with E-state index < -0.39 is 0 Å². The number of benzene rings is 2. The van der Waals surface area contributed by atoms with Gasteiger partial charge >= 0.3 is 5.97 Å². The molecular weight excluding hydrogens is 665 g/mol. The number of esters is 1. The molecule has 2 fully saturated rings. The normalized spacial score (nSPS) is 16.5. The molecular formula is C37H39Cl2N5O5. The van der Waals surface area contributed by atoms with E-state index in [0.717, 1.165) is 59.3 Å². The van der Waals surface area contributed by atoms with Crippen molar-refractivity contribution in [2.45, 2.75) is 51.4 Å². The number of halogens is 2. The Hall–Kier alpha value is -4.22. The first-order valence-electron chi connectivity index (χ1n) is 16.3. The van der Waals surface area contributed by atoms with Gasteiger partial charge in [0.15, 0.2) is 0 Å². The standard InChI is InChI=1S/C37H39Cl2N5O5/c1-22(45)44-16-12-26(13-17-44)41-21-25-9-10-30(43-36(25)48-3)29-6-4-5-27(33(29)38)28-11-15-40-35(34(28)39)23-7-8-24(32(19-23)47-2)20-42-31-14-18-49-37(31)46/h4-11,15,19,26,31,41-42H,12-14,16-18,20-21H2,1-3H3/t31-/m0/s1. The lowest BCUT2D eigenvalue weighted by molar-refractivity contribution is -0.139. The van der Waals surface area contributed by atoms with Crippen molar-refractivity contribution in [2.24, 2.45) is 0 Å². The monoisotopic (exact) mass is 703 g/mol. The average molecular weight is 705 g/mol. The Morgan fingerprint density at radius 1 is 0.918 bits per heavy atom. The summed E-state index contributed by atoms with van der Waals surface area (Å²) in [6.45, 7) is 4.62. The van der Waals surface area contributed by atoms with Gasteiger partial charge in [-0.2, -0.15) is 0 Å². The lowest BCUT2D eigenvalue weighted by atomic mass is 9.99. The van der Waals surface area contributed by atoms with E-state index in [9.17, 15) is 9.59 Å². The number of aromatic nitrogens is 2. The van der Waals surface area contributed by atoms with Gasteiger partial charge in [0.05, 0.1) is 42.3 Å². The smallest absolute Gasteiger partial charge is 0.323 e. The van der Waals surface area contributed by atoms with E-state index in [-0.39, 0.29) is 17.9 Å². The van der Waals surface area contributed by atoms with E-state index in [1.54, 1.807) is 27.3 Å². The van der Waals surface area contributed by atoms with Crippen LogP contribution in [0.3, 0.4) is 0 Å². The molecule has 2 saturated heterocycles. The fourth-order valence-corrected chi connectivity index (χ4v) is 6.97. The van der Waals surface area contributed by atoms with Crippen molar-refractivity contribution < 1.29 is 23.8 Å². The number of nitrogens with one attached hydrogen (secondary N) is 2. The van der Waals surface area contributed by atoms with Crippen LogP contribution in [0.15, 0.2) is 60.8 Å². The van der Waals surface area contributed by atoms with Gasteiger partial charge in [-0.3, -0.25) is 14.6 Å². The highest BCUT2D eigenvalue weighted by Crippen LogP contribution is 2.42. The van der Waals surface area contributed by atoms with Crippen molar-refractivity contribution >= 4 is 35.1 Å². The minimum Gasteiger partial charge on any atom is -0.496 e. The Labute approximate surface area is 296 Å². The van der Waals surface area contributed by atoms with Crippen LogP contribution in [-0.4, -0.2) is 72.7 Å². The molecule has 10 nitrogen and oxygen atoms in total. The van der Waals surface area contributed by atoms with Crippen LogP contribution in [0.5, 0.6) is 11.6 Å². The van der Waals surface area contributed by atoms with Gasteiger partial charge in [0.2, 0.25) is 11.8 Å². The second kappa shape index (κ2) is 15.6. The molecule has 2 aliphatic rings. The van der Waals surface area contributed by atoms with Crippen molar-refractivity contribution in [3.63, 3.8) is 0 Å². The minimum absolute atomic E-state index is 0.125. The van der Waals surface area contributed by atoms with Crippen molar-refractivity contribution in [1.29, 1.82) is 0 Å². The maximum Gasteiger partial charge on any atom is 0.323 e. The predicted molar refractivity (Wildman–Crippen MR) is 190 cm³/mol. The Morgan fingerprint density at radius 3 is 2.37 bits per heavy atom. The summed E-state index contributed by atoms with van der Waals surface area (Å²) in [6, 6.07) is 17.3. The number of rotatable bonds is 11. The van der Waals surface area contributed by atoms with Crippen LogP contribution >= 0.6 is 23.2 Å². The number of carbonyl (C=O) groups excluding carboxylic acids is 2. The quantitative estimate of drug-likeness (QED) is 0.174. The molecule has 256 valence electrons. The number of amides is 1. The SMILES string of the molecule is COc1cc(-c2nccc(-c3cccc(-c4ccc(CNC5CCN(C(C)=O)CC5)c(OC)n4)c3Cl)c2Cl)ccc1CN[C@H]1CCOC1=O. The summed E-state index contributed by atoms with van der Waals surface area (Å²) < 4.78 is 16.4. The highest BCUT2D eigenvalue weighted by atomic mass is 35.5. The molecule has 0 saturated carbocycles. The van der Waals surface area contributed by atoms with Gasteiger partial charge in [-0.25, -0.2) is 4.98 Å². The average Bonchev–Trinajstić information content (AvgIpc) is 3.54. The van der Waals surface area contributed by atoms with Crippen LogP contribution in [0.4, 0.5) is 0 Å². The van der Waals surface area contributed by atoms with Gasteiger partial charge in [-0.05, 0) is 31.0 Å². The molecule has 1 atom stereocenters. The molecule has 49 heavy (non-hydrogen) atoms. The number of hydrogen-bond donors (Lipinski definition) is 2. The Balaban J connectivity index is 1.21. The van der Waals surface area contributed by atoms with Crippen LogP contribution in [-0.2, 0) is 27.4 Å². The third kappa shape index (κ3) is 7.68. The molecule has 0 spiro atoms. The third-order valence-corrected chi connectivity index (χ3v) is 9.93. The van der Waals surface area contributed by atoms with Crippen LogP contribution in [0.1, 0.15) is 37.3 Å². The molecule has 1 amide bonds. The topological polar surface area (TPSA) is 115 Å². The lowest BCUT2D eigenvalue weighted by Gasteiger charge is -2.31. The van der Waals surface area contributed by atoms with Crippen molar-refractivity contribution in [2.75, 3.05) is 33.9 Å². The maximum absolute atomic E-state index is 11.9. The predicted octanol–water partition coefficient (Wildman–Crippen LogP) is 6.31. The molecule has 4 heterocycles. The summed E-state index contributed by atoms with van der Waals surface area (Å²) >= 11 is 14.1. The molecule has 6 rings (SSSR count). The van der Waals surface area contributed by atoms with Crippen molar-refractivity contribution in [3.8, 4) is 45.3 Å². The van der Waals surface area contributed by atoms with E-state index in [2.05, 4.69) is 15.6 Å². The molecule has 0 aliphatic carbocycles. The summed E-state index contributed by atoms with van der Waals surface area (Å²) in [7, 11) is 3.22. The summed E-state index contributed by atoms with van der Waals surface area (Å²) in [4.78, 5) is 34.9. The molecule has 0 bridgehead atoms. The van der Waals surface area contributed by atoms with Crippen LogP contribution in [0.25, 0.3) is 33.6 Å². The van der Waals surface area contributed by atoms with Gasteiger partial charge in [-0.15, -0.1) is 0 Å². The number of methoxy groups -OCH3 is 2. The number of likely N-dealkylation sites (tertiary alicyclic amines) is 1. The van der Waals surface area contributed by atoms with Gasteiger partial charge in [0, 0.05) is 85.1 Å². The first-order chi connectivity index (χ1) is 23.8. The number of carbonyl (C=O) groups is 2. The first kappa shape index (κ1) is 34.6. The van der Waals surface area contributed by atoms with Crippen molar-refractivity contribution in [1.82, 2.24) is 25.5 Å². The van der Waals surface area contributed by atoms with E-state index in [1.165, 1.54) is 0 Å². The molecule has 2 N–H and O–H groups in total. The number of pyridine rings is 2. The summed E-state index contributed by atoms with van der Waals surface area (Å²) in [5.41, 5.74) is 6.09. The van der Waals surface area contributed by atoms with Crippen molar-refractivity contribution in [3.05, 3.63) is 82.0 Å². The van der Waals surface area contributed by atoms with Gasteiger partial charge < -0.3 is 29.7 Å². The fraction of sp³-hybridized carbons (Fsp3) is 0.351. The molecule has 2 aliphatic heterocycles. The first-order valence-corrected chi connectivity index (χ1v) is 17.1. The molecule has 2 aromatic heterocycles. The molecule has 0 radical (unpaired) electrons. The van der Waals surface area contributed by atoms with Crippen LogP contribution < -0.4 is 20.1 Å². The lowest BCUT2D eigenvalue weighted by Crippen LogP contribution is -2.44. The maximum atomic E-state index is 11.9. The van der Waals surface area contributed by atoms with Gasteiger partial charge in [0.25, 0.3) is 0 Å². The van der Waals surface area contributed by atoms with Gasteiger partial charge in [-0.1, -0.05) is 59.6 Å². The number of hydrogen-bond acceptors (Lipinski definition) is 9. The molecule has 4 aromatic rings. The van der Waals surface area contributed by atoms with Crippen LogP contribution in [0, 0.1) is 0 Å². The van der Waals surface area contributed by atoms with Crippen LogP contribution in [0.2, 0.25) is 10.0 Å².